The van der Waals surface area contributed by atoms with Gasteiger partial charge in [-0.2, -0.15) is 0 Å². The van der Waals surface area contributed by atoms with E-state index < -0.39 is 47.7 Å². The molecule has 10 nitrogen and oxygen atoms in total. The number of nitrogens with zero attached hydrogens (tertiary/aromatic N) is 2. The van der Waals surface area contributed by atoms with E-state index in [1.165, 1.54) is 0 Å². The highest BCUT2D eigenvalue weighted by Crippen LogP contribution is 2.60. The maximum absolute atomic E-state index is 15.0. The van der Waals surface area contributed by atoms with Gasteiger partial charge in [-0.1, -0.05) is 83.4 Å². The van der Waals surface area contributed by atoms with E-state index in [9.17, 15) is 19.5 Å². The number of likely N-dealkylation sites (tertiary alicyclic amines) is 1. The maximum Gasteiger partial charge on any atom is 0.313 e. The monoisotopic (exact) mass is 777 g/mol. The summed E-state index contributed by atoms with van der Waals surface area (Å²) in [6.07, 6.45) is 5.77. The normalized spacial score (nSPS) is 25.7. The molecule has 8 atom stereocenters. The molecule has 5 rings (SSSR count). The van der Waals surface area contributed by atoms with Gasteiger partial charge in [0.05, 0.1) is 24.0 Å². The van der Waals surface area contributed by atoms with Crippen LogP contribution in [0.2, 0.25) is 0 Å². The summed E-state index contributed by atoms with van der Waals surface area (Å²) in [6.45, 7) is 13.9. The van der Waals surface area contributed by atoms with E-state index in [1.807, 2.05) is 62.4 Å². The number of aryl methyl sites for hydroxylation is 2. The van der Waals surface area contributed by atoms with Crippen LogP contribution >= 0.6 is 15.9 Å². The summed E-state index contributed by atoms with van der Waals surface area (Å²) in [5.41, 5.74) is 2.05. The molecule has 52 heavy (non-hydrogen) atoms. The fraction of sp³-hybridized carbons (Fsp3) is 0.512. The smallest absolute Gasteiger partial charge is 0.313 e. The van der Waals surface area contributed by atoms with Crippen LogP contribution in [0.15, 0.2) is 73.8 Å². The van der Waals surface area contributed by atoms with Gasteiger partial charge in [-0.05, 0) is 69.2 Å². The second kappa shape index (κ2) is 17.4. The van der Waals surface area contributed by atoms with Crippen molar-refractivity contribution in [1.82, 2.24) is 10.2 Å². The summed E-state index contributed by atoms with van der Waals surface area (Å²) >= 11 is 3.77. The molecule has 0 saturated carbocycles. The standard InChI is InChI=1S/C41H52BrN3O7/c1-6-8-18-32(47)43-28(5)35(29-16-12-11-13-17-29)51-40(50)33-34-38(48)45(22-14-9-10-15-23-46)37(41(34)25-30(42)36(33)52-41)39(49)44(21-7-2)31-24-26(3)19-20-27(31)4/h6-7,11-13,16-17,19-20,24,28,30,33-37,46H,1-2,8-10,14-15,18,21-23,25H2,3-5H3,(H,43,47)/t28-,30?,33+,34-,35-,36+,37+,41-/m0/s1. The van der Waals surface area contributed by atoms with Crippen molar-refractivity contribution in [1.29, 1.82) is 0 Å². The first-order valence-electron chi connectivity index (χ1n) is 18.4. The number of carbonyl (C=O) groups excluding carboxylic acids is 4. The van der Waals surface area contributed by atoms with E-state index in [0.717, 1.165) is 29.7 Å². The molecule has 3 amide bonds. The number of aliphatic hydroxyl groups excluding tert-OH is 1. The summed E-state index contributed by atoms with van der Waals surface area (Å²) in [6, 6.07) is 13.6. The van der Waals surface area contributed by atoms with Crippen molar-refractivity contribution in [2.45, 2.75) is 100 Å². The first kappa shape index (κ1) is 39.4. The minimum atomic E-state index is -1.27. The molecule has 1 spiro atoms. The van der Waals surface area contributed by atoms with Crippen molar-refractivity contribution < 1.29 is 33.8 Å². The molecule has 2 aromatic carbocycles. The number of allylic oxidation sites excluding steroid dienone is 1. The van der Waals surface area contributed by atoms with E-state index in [4.69, 9.17) is 9.47 Å². The molecule has 0 radical (unpaired) electrons. The van der Waals surface area contributed by atoms with Gasteiger partial charge in [0.25, 0.3) is 5.91 Å². The van der Waals surface area contributed by atoms with Crippen LogP contribution in [0.4, 0.5) is 5.69 Å². The highest BCUT2D eigenvalue weighted by Gasteiger charge is 2.77. The number of benzene rings is 2. The zero-order valence-corrected chi connectivity index (χ0v) is 32.1. The number of carbonyl (C=O) groups is 4. The number of halogens is 1. The molecule has 3 heterocycles. The minimum absolute atomic E-state index is 0.0913. The van der Waals surface area contributed by atoms with Gasteiger partial charge in [0.2, 0.25) is 11.8 Å². The van der Waals surface area contributed by atoms with Crippen molar-refractivity contribution in [3.05, 3.63) is 90.5 Å². The lowest BCUT2D eigenvalue weighted by molar-refractivity contribution is -0.162. The van der Waals surface area contributed by atoms with Gasteiger partial charge in [-0.15, -0.1) is 13.2 Å². The molecule has 3 aliphatic rings. The zero-order chi connectivity index (χ0) is 37.6. The lowest BCUT2D eigenvalue weighted by Crippen LogP contribution is -2.57. The second-order valence-electron chi connectivity index (χ2n) is 14.3. The number of unbranched alkanes of at least 4 members (excludes halogenated alkanes) is 3. The van der Waals surface area contributed by atoms with E-state index in [2.05, 4.69) is 34.4 Å². The lowest BCUT2D eigenvalue weighted by atomic mass is 9.70. The molecule has 2 N–H and O–H groups in total. The van der Waals surface area contributed by atoms with Crippen LogP contribution in [0.3, 0.4) is 0 Å². The molecule has 2 bridgehead atoms. The van der Waals surface area contributed by atoms with Crippen LogP contribution in [-0.2, 0) is 28.7 Å². The molecule has 0 aromatic heterocycles. The Morgan fingerprint density at radius 1 is 1.12 bits per heavy atom. The number of rotatable bonds is 18. The van der Waals surface area contributed by atoms with E-state index in [1.54, 1.807) is 28.9 Å². The van der Waals surface area contributed by atoms with E-state index in [-0.39, 0.29) is 42.1 Å². The van der Waals surface area contributed by atoms with Crippen LogP contribution in [0.5, 0.6) is 0 Å². The fourth-order valence-corrected chi connectivity index (χ4v) is 9.14. The number of hydrogen-bond acceptors (Lipinski definition) is 7. The SMILES string of the molecule is C=CCCC(=O)N[C@@H](C)[C@H](OC(=O)[C@H]1[C@@H]2O[C@@]3(CC2Br)[C@@H]1C(=O)N(CCCCCCO)[C@@H]3C(=O)N(CC=C)c1cc(C)ccc1C)c1ccccc1. The zero-order valence-electron chi connectivity index (χ0n) is 30.5. The first-order valence-corrected chi connectivity index (χ1v) is 19.3. The minimum Gasteiger partial charge on any atom is -0.455 e. The predicted molar refractivity (Wildman–Crippen MR) is 204 cm³/mol. The number of amides is 3. The largest absolute Gasteiger partial charge is 0.455 e. The van der Waals surface area contributed by atoms with Crippen LogP contribution in [0.1, 0.15) is 74.7 Å². The molecular weight excluding hydrogens is 726 g/mol. The number of aliphatic hydroxyl groups is 1. The number of ether oxygens (including phenoxy) is 2. The molecule has 280 valence electrons. The summed E-state index contributed by atoms with van der Waals surface area (Å²) in [5, 5.41) is 12.3. The van der Waals surface area contributed by atoms with Gasteiger partial charge >= 0.3 is 5.97 Å². The summed E-state index contributed by atoms with van der Waals surface area (Å²) in [4.78, 5) is 60.0. The average Bonchev–Trinajstić information content (AvgIpc) is 3.72. The van der Waals surface area contributed by atoms with Crippen molar-refractivity contribution in [3.8, 4) is 0 Å². The predicted octanol–water partition coefficient (Wildman–Crippen LogP) is 5.88. The number of esters is 1. The number of anilines is 1. The Balaban J connectivity index is 1.51. The van der Waals surface area contributed by atoms with Crippen molar-refractivity contribution >= 4 is 45.3 Å². The Morgan fingerprint density at radius 3 is 2.54 bits per heavy atom. The van der Waals surface area contributed by atoms with Gasteiger partial charge in [0, 0.05) is 36.6 Å². The fourth-order valence-electron chi connectivity index (χ4n) is 8.20. The molecule has 2 aromatic rings. The topological polar surface area (TPSA) is 125 Å². The van der Waals surface area contributed by atoms with Gasteiger partial charge in [0.1, 0.15) is 17.7 Å². The summed E-state index contributed by atoms with van der Waals surface area (Å²) in [5.74, 6) is -3.31. The summed E-state index contributed by atoms with van der Waals surface area (Å²) in [7, 11) is 0. The van der Waals surface area contributed by atoms with Crippen molar-refractivity contribution in [2.75, 3.05) is 24.6 Å². The third kappa shape index (κ3) is 7.92. The van der Waals surface area contributed by atoms with Crippen LogP contribution < -0.4 is 10.2 Å². The van der Waals surface area contributed by atoms with Gasteiger partial charge < -0.3 is 29.7 Å². The van der Waals surface area contributed by atoms with Crippen molar-refractivity contribution in [3.63, 3.8) is 0 Å². The highest BCUT2D eigenvalue weighted by molar-refractivity contribution is 9.09. The lowest BCUT2D eigenvalue weighted by Gasteiger charge is -2.37. The van der Waals surface area contributed by atoms with Gasteiger partial charge in [-0.25, -0.2) is 0 Å². The van der Waals surface area contributed by atoms with Crippen molar-refractivity contribution in [2.24, 2.45) is 11.8 Å². The Bertz CT molecular complexity index is 1640. The highest BCUT2D eigenvalue weighted by atomic mass is 79.9. The first-order chi connectivity index (χ1) is 25.0. The third-order valence-corrected chi connectivity index (χ3v) is 11.5. The number of hydrogen-bond donors (Lipinski definition) is 2. The quantitative estimate of drug-likeness (QED) is 0.0839. The molecule has 3 fully saturated rings. The molecule has 0 aliphatic carbocycles. The Hall–Kier alpha value is -3.80. The van der Waals surface area contributed by atoms with Crippen LogP contribution in [-0.4, -0.2) is 82.0 Å². The Labute approximate surface area is 315 Å². The van der Waals surface area contributed by atoms with Crippen LogP contribution in [0.25, 0.3) is 0 Å². The van der Waals surface area contributed by atoms with Gasteiger partial charge in [-0.3, -0.25) is 19.2 Å². The Kier molecular flexibility index (Phi) is 13.1. The number of fused-ring (bicyclic) bond motifs is 1. The second-order valence-corrected chi connectivity index (χ2v) is 15.5. The maximum atomic E-state index is 15.0. The average molecular weight is 779 g/mol. The molecule has 11 heteroatoms. The molecular formula is C41H52BrN3O7. The Morgan fingerprint density at radius 2 is 1.85 bits per heavy atom. The molecule has 1 unspecified atom stereocenters. The summed E-state index contributed by atoms with van der Waals surface area (Å²) < 4.78 is 13.1. The molecule has 3 saturated heterocycles. The molecule has 3 aliphatic heterocycles. The van der Waals surface area contributed by atoms with Gasteiger partial charge in [0.15, 0.2) is 0 Å². The number of nitrogens with one attached hydrogen (secondary N) is 1. The van der Waals surface area contributed by atoms with Crippen LogP contribution in [0, 0.1) is 25.7 Å². The van der Waals surface area contributed by atoms with E-state index in [0.29, 0.717) is 37.8 Å². The number of alkyl halides is 1. The third-order valence-electron chi connectivity index (χ3n) is 10.6. The van der Waals surface area contributed by atoms with E-state index >= 15 is 4.79 Å².